The molecule has 1 aliphatic heterocycles. The van der Waals surface area contributed by atoms with Crippen LogP contribution in [0.2, 0.25) is 0 Å². The van der Waals surface area contributed by atoms with Crippen LogP contribution in [0.15, 0.2) is 82.7 Å². The molecule has 0 spiro atoms. The van der Waals surface area contributed by atoms with Crippen LogP contribution in [0, 0.1) is 0 Å². The van der Waals surface area contributed by atoms with Crippen molar-refractivity contribution in [2.45, 2.75) is 17.6 Å². The number of carbonyl (C=O) groups excluding carboxylic acids is 2. The second-order valence-electron chi connectivity index (χ2n) is 7.19. The van der Waals surface area contributed by atoms with E-state index in [4.69, 9.17) is 0 Å². The lowest BCUT2D eigenvalue weighted by Crippen LogP contribution is -2.42. The predicted molar refractivity (Wildman–Crippen MR) is 120 cm³/mol. The van der Waals surface area contributed by atoms with Gasteiger partial charge in [0.15, 0.2) is 0 Å². The van der Waals surface area contributed by atoms with E-state index in [1.54, 1.807) is 30.5 Å². The summed E-state index contributed by atoms with van der Waals surface area (Å²) in [4.78, 5) is 32.4. The van der Waals surface area contributed by atoms with Crippen molar-refractivity contribution >= 4 is 35.3 Å². The molecule has 33 heavy (non-hydrogen) atoms. The maximum atomic E-state index is 13.2. The summed E-state index contributed by atoms with van der Waals surface area (Å²) in [6.07, 6.45) is -1.28. The largest absolute Gasteiger partial charge is 0.416 e. The molecule has 3 aromatic rings. The Morgan fingerprint density at radius 3 is 2.45 bits per heavy atom. The Labute approximate surface area is 192 Å². The van der Waals surface area contributed by atoms with E-state index in [2.05, 4.69) is 10.3 Å². The number of para-hydroxylation sites is 1. The van der Waals surface area contributed by atoms with Crippen molar-refractivity contribution in [2.24, 2.45) is 0 Å². The number of hydrogen-bond donors (Lipinski definition) is 1. The Hall–Kier alpha value is -3.59. The number of amides is 2. The quantitative estimate of drug-likeness (QED) is 0.540. The minimum absolute atomic E-state index is 0.201. The Morgan fingerprint density at radius 1 is 1.03 bits per heavy atom. The molecule has 0 atom stereocenters. The van der Waals surface area contributed by atoms with Gasteiger partial charge >= 0.3 is 6.18 Å². The molecule has 2 amide bonds. The molecule has 9 heteroatoms. The SMILES string of the molecule is O=C(CN1C(=O)/C(=C\c2ccc(C(F)(F)F)cc2)Sc2ccccc21)NCc1ccccn1. The average Bonchev–Trinajstić information content (AvgIpc) is 2.81. The number of halogens is 3. The number of nitrogens with zero attached hydrogens (tertiary/aromatic N) is 2. The van der Waals surface area contributed by atoms with Crippen LogP contribution in [0.3, 0.4) is 0 Å². The molecular formula is C24H18F3N3O2S. The standard InChI is InChI=1S/C24H18F3N3O2S/c25-24(26,27)17-10-8-16(9-11-17)13-21-23(32)30(19-6-1-2-7-20(19)33-21)15-22(31)29-14-18-5-3-4-12-28-18/h1-13H,14-15H2,(H,29,31)/b21-13+. The van der Waals surface area contributed by atoms with Crippen molar-refractivity contribution in [2.75, 3.05) is 11.4 Å². The fourth-order valence-corrected chi connectivity index (χ4v) is 4.29. The summed E-state index contributed by atoms with van der Waals surface area (Å²) < 4.78 is 38.5. The summed E-state index contributed by atoms with van der Waals surface area (Å²) in [7, 11) is 0. The van der Waals surface area contributed by atoms with Gasteiger partial charge in [0, 0.05) is 11.1 Å². The van der Waals surface area contributed by atoms with E-state index in [1.807, 2.05) is 18.2 Å². The number of carbonyl (C=O) groups is 2. The lowest BCUT2D eigenvalue weighted by Gasteiger charge is -2.29. The fraction of sp³-hybridized carbons (Fsp3) is 0.125. The Bertz CT molecular complexity index is 1200. The molecule has 1 N–H and O–H groups in total. The number of thioether (sulfide) groups is 1. The minimum atomic E-state index is -4.43. The molecule has 2 heterocycles. The molecule has 4 rings (SSSR count). The van der Waals surface area contributed by atoms with Gasteiger partial charge in [0.25, 0.3) is 5.91 Å². The summed E-state index contributed by atoms with van der Waals surface area (Å²) in [6, 6.07) is 17.1. The molecule has 0 radical (unpaired) electrons. The normalized spacial score (nSPS) is 14.8. The zero-order chi connectivity index (χ0) is 23.4. The summed E-state index contributed by atoms with van der Waals surface area (Å²) in [5.41, 5.74) is 0.987. The van der Waals surface area contributed by atoms with E-state index < -0.39 is 17.6 Å². The highest BCUT2D eigenvalue weighted by Crippen LogP contribution is 2.42. The number of nitrogens with one attached hydrogen (secondary N) is 1. The van der Waals surface area contributed by atoms with Gasteiger partial charge in [0.2, 0.25) is 5.91 Å². The van der Waals surface area contributed by atoms with Crippen molar-refractivity contribution in [1.29, 1.82) is 0 Å². The van der Waals surface area contributed by atoms with Gasteiger partial charge in [-0.1, -0.05) is 42.1 Å². The van der Waals surface area contributed by atoms with Crippen molar-refractivity contribution in [1.82, 2.24) is 10.3 Å². The number of aromatic nitrogens is 1. The smallest absolute Gasteiger partial charge is 0.349 e. The lowest BCUT2D eigenvalue weighted by molar-refractivity contribution is -0.137. The lowest BCUT2D eigenvalue weighted by atomic mass is 10.1. The second-order valence-corrected chi connectivity index (χ2v) is 8.27. The first-order valence-electron chi connectivity index (χ1n) is 9.95. The third-order valence-electron chi connectivity index (χ3n) is 4.86. The molecule has 0 fully saturated rings. The van der Waals surface area contributed by atoms with Crippen LogP contribution < -0.4 is 10.2 Å². The van der Waals surface area contributed by atoms with E-state index in [9.17, 15) is 22.8 Å². The number of benzene rings is 2. The monoisotopic (exact) mass is 469 g/mol. The topological polar surface area (TPSA) is 62.3 Å². The second kappa shape index (κ2) is 9.50. The molecule has 5 nitrogen and oxygen atoms in total. The van der Waals surface area contributed by atoms with Gasteiger partial charge in [-0.25, -0.2) is 0 Å². The molecular weight excluding hydrogens is 451 g/mol. The van der Waals surface area contributed by atoms with E-state index >= 15 is 0 Å². The van der Waals surface area contributed by atoms with Gasteiger partial charge in [-0.05, 0) is 48.0 Å². The van der Waals surface area contributed by atoms with Crippen LogP contribution in [0.5, 0.6) is 0 Å². The maximum Gasteiger partial charge on any atom is 0.416 e. The molecule has 0 aliphatic carbocycles. The van der Waals surface area contributed by atoms with Crippen molar-refractivity contribution in [3.63, 3.8) is 0 Å². The summed E-state index contributed by atoms with van der Waals surface area (Å²) in [5.74, 6) is -0.754. The molecule has 0 saturated heterocycles. The Kier molecular flexibility index (Phi) is 6.50. The third-order valence-corrected chi connectivity index (χ3v) is 5.94. The van der Waals surface area contributed by atoms with Crippen molar-refractivity contribution in [3.8, 4) is 0 Å². The van der Waals surface area contributed by atoms with Crippen LogP contribution in [0.1, 0.15) is 16.8 Å². The highest BCUT2D eigenvalue weighted by atomic mass is 32.2. The number of hydrogen-bond acceptors (Lipinski definition) is 4. The van der Waals surface area contributed by atoms with E-state index in [1.165, 1.54) is 34.9 Å². The van der Waals surface area contributed by atoms with E-state index in [-0.39, 0.29) is 19.0 Å². The number of rotatable bonds is 5. The molecule has 0 bridgehead atoms. The van der Waals surface area contributed by atoms with E-state index in [0.29, 0.717) is 21.8 Å². The molecule has 1 aliphatic rings. The predicted octanol–water partition coefficient (Wildman–Crippen LogP) is 4.90. The third kappa shape index (κ3) is 5.43. The van der Waals surface area contributed by atoms with Gasteiger partial charge < -0.3 is 5.32 Å². The fourth-order valence-electron chi connectivity index (χ4n) is 3.23. The van der Waals surface area contributed by atoms with Crippen LogP contribution in [-0.2, 0) is 22.3 Å². The van der Waals surface area contributed by atoms with Crippen LogP contribution >= 0.6 is 11.8 Å². The molecule has 0 saturated carbocycles. The zero-order valence-corrected chi connectivity index (χ0v) is 18.0. The summed E-state index contributed by atoms with van der Waals surface area (Å²) in [5, 5.41) is 2.75. The van der Waals surface area contributed by atoms with Crippen LogP contribution in [0.4, 0.5) is 18.9 Å². The Balaban J connectivity index is 1.55. The maximum absolute atomic E-state index is 13.2. The highest BCUT2D eigenvalue weighted by molar-refractivity contribution is 8.04. The number of fused-ring (bicyclic) bond motifs is 1. The number of pyridine rings is 1. The Morgan fingerprint density at radius 2 is 1.76 bits per heavy atom. The van der Waals surface area contributed by atoms with Gasteiger partial charge in [0.05, 0.1) is 28.4 Å². The number of anilines is 1. The minimum Gasteiger partial charge on any atom is -0.349 e. The summed E-state index contributed by atoms with van der Waals surface area (Å²) in [6.45, 7) is 0.0277. The van der Waals surface area contributed by atoms with Crippen LogP contribution in [0.25, 0.3) is 6.08 Å². The van der Waals surface area contributed by atoms with E-state index in [0.717, 1.165) is 17.0 Å². The molecule has 1 aromatic heterocycles. The first-order chi connectivity index (χ1) is 15.8. The average molecular weight is 469 g/mol. The molecule has 168 valence electrons. The van der Waals surface area contributed by atoms with Crippen molar-refractivity contribution < 1.29 is 22.8 Å². The first-order valence-corrected chi connectivity index (χ1v) is 10.8. The number of alkyl halides is 3. The van der Waals surface area contributed by atoms with Gasteiger partial charge in [-0.2, -0.15) is 13.2 Å². The van der Waals surface area contributed by atoms with Crippen LogP contribution in [-0.4, -0.2) is 23.3 Å². The molecule has 2 aromatic carbocycles. The highest BCUT2D eigenvalue weighted by Gasteiger charge is 2.31. The van der Waals surface area contributed by atoms with Crippen molar-refractivity contribution in [3.05, 3.63) is 94.7 Å². The molecule has 0 unspecified atom stereocenters. The first kappa shape index (κ1) is 22.6. The zero-order valence-electron chi connectivity index (χ0n) is 17.2. The van der Waals surface area contributed by atoms with Gasteiger partial charge in [0.1, 0.15) is 6.54 Å². The van der Waals surface area contributed by atoms with Gasteiger partial charge in [-0.15, -0.1) is 0 Å². The van der Waals surface area contributed by atoms with Gasteiger partial charge in [-0.3, -0.25) is 19.5 Å². The summed E-state index contributed by atoms with van der Waals surface area (Å²) >= 11 is 1.22.